The number of amides is 2. The van der Waals surface area contributed by atoms with Crippen molar-refractivity contribution in [3.05, 3.63) is 91.8 Å². The highest BCUT2D eigenvalue weighted by atomic mass is 35.5. The largest absolute Gasteiger partial charge is 0.358 e. The van der Waals surface area contributed by atoms with Crippen LogP contribution < -0.4 is 10.6 Å². The highest BCUT2D eigenvalue weighted by Gasteiger charge is 2.16. The molecule has 0 radical (unpaired) electrons. The molecule has 2 N–H and O–H groups in total. The van der Waals surface area contributed by atoms with Crippen molar-refractivity contribution in [3.63, 3.8) is 0 Å². The average Bonchev–Trinajstić information content (AvgIpc) is 2.58. The minimum atomic E-state index is -0.796. The van der Waals surface area contributed by atoms with E-state index in [9.17, 15) is 19.7 Å². The molecule has 0 atom stereocenters. The maximum atomic E-state index is 12.0. The quantitative estimate of drug-likeness (QED) is 0.543. The van der Waals surface area contributed by atoms with Gasteiger partial charge in [-0.1, -0.05) is 47.5 Å². The second-order valence-corrected chi connectivity index (χ2v) is 6.39. The van der Waals surface area contributed by atoms with E-state index in [2.05, 4.69) is 10.6 Å². The van der Waals surface area contributed by atoms with Crippen molar-refractivity contribution in [2.24, 2.45) is 0 Å². The van der Waals surface area contributed by atoms with Crippen LogP contribution in [0.5, 0.6) is 0 Å². The zero-order valence-corrected chi connectivity index (χ0v) is 15.5. The molecule has 0 spiro atoms. The van der Waals surface area contributed by atoms with E-state index in [1.165, 1.54) is 0 Å². The second kappa shape index (κ2) is 9.70. The maximum absolute atomic E-state index is 12.0. The highest BCUT2D eigenvalue weighted by Crippen LogP contribution is 2.12. The Morgan fingerprint density at radius 2 is 1.48 bits per heavy atom. The fourth-order valence-corrected chi connectivity index (χ4v) is 2.61. The number of hydrogen-bond donors (Lipinski definition) is 2. The van der Waals surface area contributed by atoms with Crippen LogP contribution in [0.15, 0.2) is 60.6 Å². The van der Waals surface area contributed by atoms with E-state index in [0.29, 0.717) is 21.2 Å². The number of carbonyl (C=O) groups excluding carboxylic acids is 2. The van der Waals surface area contributed by atoms with Crippen LogP contribution in [-0.2, 0) is 22.4 Å². The van der Waals surface area contributed by atoms with Crippen LogP contribution in [0.3, 0.4) is 0 Å². The summed E-state index contributed by atoms with van der Waals surface area (Å²) in [7, 11) is 0. The summed E-state index contributed by atoms with van der Waals surface area (Å²) >= 11 is 11.7. The molecule has 0 saturated heterocycles. The van der Waals surface area contributed by atoms with E-state index in [-0.39, 0.29) is 12.8 Å². The van der Waals surface area contributed by atoms with Gasteiger partial charge in [-0.3, -0.25) is 4.79 Å². The molecular formula is C18H15Cl2N3O4. The Balaban J connectivity index is 1.96. The Bertz CT molecular complexity index is 900. The van der Waals surface area contributed by atoms with Crippen LogP contribution in [0.2, 0.25) is 10.0 Å². The van der Waals surface area contributed by atoms with Gasteiger partial charge in [-0.25, -0.2) is 10.1 Å². The Morgan fingerprint density at radius 1 is 0.963 bits per heavy atom. The molecule has 0 heterocycles. The Labute approximate surface area is 165 Å². The van der Waals surface area contributed by atoms with Gasteiger partial charge >= 0.3 is 11.7 Å². The lowest BCUT2D eigenvalue weighted by Crippen LogP contribution is -2.31. The zero-order valence-electron chi connectivity index (χ0n) is 13.9. The standard InChI is InChI=1S/C18H15Cl2N3O4/c19-14-5-1-3-12(7-14)9-17(24)21-11-16(23(26)27)22-18(25)10-13-4-2-6-15(20)8-13/h1-8,11H,9-10H2,(H,21,24)(H,22,25). The average molecular weight is 408 g/mol. The number of rotatable bonds is 7. The van der Waals surface area contributed by atoms with Crippen LogP contribution in [0.1, 0.15) is 11.1 Å². The Kier molecular flexibility index (Phi) is 7.34. The summed E-state index contributed by atoms with van der Waals surface area (Å²) in [6.45, 7) is 0. The normalized spacial score (nSPS) is 11.0. The molecule has 2 rings (SSSR count). The van der Waals surface area contributed by atoms with Crippen molar-refractivity contribution in [2.75, 3.05) is 0 Å². The van der Waals surface area contributed by atoms with E-state index in [1.54, 1.807) is 48.5 Å². The lowest BCUT2D eigenvalue weighted by atomic mass is 10.1. The summed E-state index contributed by atoms with van der Waals surface area (Å²) in [5.74, 6) is -1.73. The monoisotopic (exact) mass is 407 g/mol. The number of nitro groups is 1. The second-order valence-electron chi connectivity index (χ2n) is 5.52. The van der Waals surface area contributed by atoms with E-state index >= 15 is 0 Å². The number of benzene rings is 2. The van der Waals surface area contributed by atoms with Crippen LogP contribution in [0, 0.1) is 10.1 Å². The highest BCUT2D eigenvalue weighted by molar-refractivity contribution is 6.30. The zero-order chi connectivity index (χ0) is 19.8. The molecule has 2 aromatic rings. The molecule has 7 nitrogen and oxygen atoms in total. The number of nitrogens with one attached hydrogen (secondary N) is 2. The summed E-state index contributed by atoms with van der Waals surface area (Å²) in [4.78, 5) is 34.2. The van der Waals surface area contributed by atoms with Gasteiger partial charge in [0.15, 0.2) is 0 Å². The molecule has 0 aliphatic rings. The first-order valence-corrected chi connectivity index (χ1v) is 8.52. The predicted octanol–water partition coefficient (Wildman–Crippen LogP) is 3.09. The van der Waals surface area contributed by atoms with Gasteiger partial charge < -0.3 is 15.4 Å². The summed E-state index contributed by atoms with van der Waals surface area (Å²) in [5.41, 5.74) is 1.26. The SMILES string of the molecule is O=C(Cc1cccc(Cl)c1)NC=C(NC(=O)Cc1cccc(Cl)c1)[N+](=O)[O-]. The summed E-state index contributed by atoms with van der Waals surface area (Å²) < 4.78 is 0. The van der Waals surface area contributed by atoms with Gasteiger partial charge in [0.1, 0.15) is 0 Å². The topological polar surface area (TPSA) is 101 Å². The lowest BCUT2D eigenvalue weighted by molar-refractivity contribution is -0.430. The Morgan fingerprint density at radius 3 is 1.96 bits per heavy atom. The molecular weight excluding hydrogens is 393 g/mol. The van der Waals surface area contributed by atoms with Crippen LogP contribution >= 0.6 is 23.2 Å². The summed E-state index contributed by atoms with van der Waals surface area (Å²) in [6, 6.07) is 13.3. The molecule has 140 valence electrons. The van der Waals surface area contributed by atoms with Gasteiger partial charge in [-0.2, -0.15) is 0 Å². The summed E-state index contributed by atoms with van der Waals surface area (Å²) in [6.07, 6.45) is 0.740. The fourth-order valence-electron chi connectivity index (χ4n) is 2.19. The molecule has 0 saturated carbocycles. The smallest absolute Gasteiger partial charge is 0.339 e. The van der Waals surface area contributed by atoms with Crippen LogP contribution in [-0.4, -0.2) is 16.7 Å². The van der Waals surface area contributed by atoms with Crippen molar-refractivity contribution < 1.29 is 14.5 Å². The van der Waals surface area contributed by atoms with E-state index < -0.39 is 22.6 Å². The number of halogens is 2. The first-order chi connectivity index (χ1) is 12.8. The third-order valence-electron chi connectivity index (χ3n) is 3.34. The molecule has 0 aliphatic carbocycles. The summed E-state index contributed by atoms with van der Waals surface area (Å²) in [5, 5.41) is 16.5. The van der Waals surface area contributed by atoms with Crippen LogP contribution in [0.4, 0.5) is 0 Å². The van der Waals surface area contributed by atoms with Gasteiger partial charge in [0, 0.05) is 10.0 Å². The molecule has 0 aliphatic heterocycles. The van der Waals surface area contributed by atoms with Crippen molar-refractivity contribution in [3.8, 4) is 0 Å². The molecule has 9 heteroatoms. The molecule has 27 heavy (non-hydrogen) atoms. The Hall–Kier alpha value is -2.90. The van der Waals surface area contributed by atoms with Crippen molar-refractivity contribution >= 4 is 35.0 Å². The van der Waals surface area contributed by atoms with Gasteiger partial charge in [-0.05, 0) is 40.3 Å². The molecule has 2 amide bonds. The van der Waals surface area contributed by atoms with E-state index in [4.69, 9.17) is 23.2 Å². The van der Waals surface area contributed by atoms with Crippen molar-refractivity contribution in [1.82, 2.24) is 10.6 Å². The fraction of sp³-hybridized carbons (Fsp3) is 0.111. The third-order valence-corrected chi connectivity index (χ3v) is 3.81. The van der Waals surface area contributed by atoms with Crippen molar-refractivity contribution in [2.45, 2.75) is 12.8 Å². The molecule has 0 unspecified atom stereocenters. The van der Waals surface area contributed by atoms with Gasteiger partial charge in [-0.15, -0.1) is 0 Å². The maximum Gasteiger partial charge on any atom is 0.339 e. The number of hydrogen-bond acceptors (Lipinski definition) is 4. The first kappa shape index (κ1) is 20.4. The first-order valence-electron chi connectivity index (χ1n) is 7.76. The van der Waals surface area contributed by atoms with Gasteiger partial charge in [0.2, 0.25) is 5.91 Å². The van der Waals surface area contributed by atoms with E-state index in [0.717, 1.165) is 6.20 Å². The number of carbonyl (C=O) groups is 2. The molecule has 2 aromatic carbocycles. The number of nitrogens with zero attached hydrogens (tertiary/aromatic N) is 1. The van der Waals surface area contributed by atoms with Gasteiger partial charge in [0.25, 0.3) is 0 Å². The lowest BCUT2D eigenvalue weighted by Gasteiger charge is -2.05. The molecule has 0 fully saturated rings. The predicted molar refractivity (Wildman–Crippen MR) is 102 cm³/mol. The van der Waals surface area contributed by atoms with E-state index in [1.807, 2.05) is 0 Å². The van der Waals surface area contributed by atoms with Crippen LogP contribution in [0.25, 0.3) is 0 Å². The minimum absolute atomic E-state index is 0.0154. The van der Waals surface area contributed by atoms with Gasteiger partial charge in [0.05, 0.1) is 19.0 Å². The van der Waals surface area contributed by atoms with Crippen molar-refractivity contribution in [1.29, 1.82) is 0 Å². The molecule has 0 aromatic heterocycles. The minimum Gasteiger partial charge on any atom is -0.358 e. The third kappa shape index (κ3) is 7.08. The molecule has 0 bridgehead atoms.